The molecule has 2 aromatic carbocycles. The number of carbonyl (C=O) groups excluding carboxylic acids is 1. The van der Waals surface area contributed by atoms with E-state index in [0.29, 0.717) is 18.1 Å². The van der Waals surface area contributed by atoms with Crippen LogP contribution < -0.4 is 4.90 Å². The van der Waals surface area contributed by atoms with Gasteiger partial charge in [0.15, 0.2) is 11.5 Å². The van der Waals surface area contributed by atoms with Gasteiger partial charge in [-0.05, 0) is 67.2 Å². The molecule has 0 spiro atoms. The molecular weight excluding hydrogens is 516 g/mol. The highest BCUT2D eigenvalue weighted by Gasteiger charge is 2.31. The lowest BCUT2D eigenvalue weighted by Gasteiger charge is -2.33. The largest absolute Gasteiger partial charge is 0.412 e. The first-order chi connectivity index (χ1) is 17.3. The number of hydrogen-bond acceptors (Lipinski definition) is 7. The fraction of sp³-hybridized carbons (Fsp3) is 0.400. The molecule has 0 radical (unpaired) electrons. The maximum absolute atomic E-state index is 13.2. The number of rotatable bonds is 4. The second kappa shape index (κ2) is 11.3. The SMILES string of the molecule is CN1CCCN(c2ccc(C(=O)N3CCN(S(=O)(=O)c4ccc5cc(Cl)ccc5c4)CC3)nn2)CC1.O. The summed E-state index contributed by atoms with van der Waals surface area (Å²) < 4.78 is 27.9. The standard InChI is InChI=1S/C25H29ClN6O3S.H2O/c1-29-9-2-10-30(12-11-29)24-8-7-23(27-28-24)25(33)31-13-15-32(16-14-31)36(34,35)22-6-4-19-17-21(26)5-3-20(19)18-22;/h3-8,17-18H,2,9-16H2,1H3;1H2. The molecule has 1 aromatic heterocycles. The summed E-state index contributed by atoms with van der Waals surface area (Å²) in [5.74, 6) is 0.541. The molecule has 0 unspecified atom stereocenters. The van der Waals surface area contributed by atoms with Crippen molar-refractivity contribution in [2.24, 2.45) is 0 Å². The number of anilines is 1. The number of sulfonamides is 1. The Morgan fingerprint density at radius 3 is 2.30 bits per heavy atom. The molecule has 0 aliphatic carbocycles. The number of amides is 1. The zero-order valence-electron chi connectivity index (χ0n) is 20.7. The number of halogens is 1. The minimum Gasteiger partial charge on any atom is -0.412 e. The third kappa shape index (κ3) is 5.86. The Kier molecular flexibility index (Phi) is 8.29. The molecular formula is C25H31ClN6O4S. The number of aromatic nitrogens is 2. The summed E-state index contributed by atoms with van der Waals surface area (Å²) in [5.41, 5.74) is 0.273. The number of piperazine rings is 1. The Labute approximate surface area is 221 Å². The Hall–Kier alpha value is -2.83. The van der Waals surface area contributed by atoms with Crippen molar-refractivity contribution in [2.45, 2.75) is 11.3 Å². The zero-order chi connectivity index (χ0) is 25.3. The average Bonchev–Trinajstić information content (AvgIpc) is 3.12. The van der Waals surface area contributed by atoms with Crippen LogP contribution in [0.15, 0.2) is 53.4 Å². The molecule has 198 valence electrons. The Bertz CT molecular complexity index is 1360. The third-order valence-electron chi connectivity index (χ3n) is 6.85. The number of carbonyl (C=O) groups is 1. The monoisotopic (exact) mass is 546 g/mol. The van der Waals surface area contributed by atoms with Crippen molar-refractivity contribution in [3.05, 3.63) is 59.2 Å². The summed E-state index contributed by atoms with van der Waals surface area (Å²) in [4.78, 5) is 19.4. The van der Waals surface area contributed by atoms with E-state index in [-0.39, 0.29) is 35.1 Å². The maximum Gasteiger partial charge on any atom is 0.274 e. The highest BCUT2D eigenvalue weighted by molar-refractivity contribution is 7.89. The molecule has 3 heterocycles. The summed E-state index contributed by atoms with van der Waals surface area (Å²) in [7, 11) is -1.57. The van der Waals surface area contributed by atoms with E-state index >= 15 is 0 Å². The van der Waals surface area contributed by atoms with Crippen LogP contribution in [0, 0.1) is 0 Å². The van der Waals surface area contributed by atoms with Gasteiger partial charge in [0, 0.05) is 50.8 Å². The summed E-state index contributed by atoms with van der Waals surface area (Å²) >= 11 is 6.04. The Morgan fingerprint density at radius 1 is 0.838 bits per heavy atom. The Morgan fingerprint density at radius 2 is 1.57 bits per heavy atom. The molecule has 2 saturated heterocycles. The second-order valence-corrected chi connectivity index (χ2v) is 11.6. The van der Waals surface area contributed by atoms with Crippen LogP contribution >= 0.6 is 11.6 Å². The second-order valence-electron chi connectivity index (χ2n) is 9.27. The van der Waals surface area contributed by atoms with Crippen LogP contribution in [0.25, 0.3) is 10.8 Å². The highest BCUT2D eigenvalue weighted by atomic mass is 35.5. The normalized spacial score (nSPS) is 17.9. The number of nitrogens with zero attached hydrogens (tertiary/aromatic N) is 6. The number of hydrogen-bond donors (Lipinski definition) is 0. The minimum atomic E-state index is -3.68. The Balaban J connectivity index is 0.00000320. The van der Waals surface area contributed by atoms with Crippen LogP contribution in [-0.4, -0.2) is 104 Å². The first kappa shape index (κ1) is 27.2. The highest BCUT2D eigenvalue weighted by Crippen LogP contribution is 2.25. The van der Waals surface area contributed by atoms with Gasteiger partial charge in [0.2, 0.25) is 10.0 Å². The molecule has 0 bridgehead atoms. The lowest BCUT2D eigenvalue weighted by molar-refractivity contribution is 0.0691. The van der Waals surface area contributed by atoms with Gasteiger partial charge in [0.1, 0.15) is 0 Å². The average molecular weight is 547 g/mol. The summed E-state index contributed by atoms with van der Waals surface area (Å²) in [6.45, 7) is 4.83. The van der Waals surface area contributed by atoms with E-state index in [1.54, 1.807) is 41.3 Å². The van der Waals surface area contributed by atoms with Crippen LogP contribution in [0.3, 0.4) is 0 Å². The number of fused-ring (bicyclic) bond motifs is 1. The molecule has 0 saturated carbocycles. The molecule has 2 fully saturated rings. The van der Waals surface area contributed by atoms with Gasteiger partial charge >= 0.3 is 0 Å². The first-order valence-electron chi connectivity index (χ1n) is 12.1. The van der Waals surface area contributed by atoms with E-state index in [0.717, 1.165) is 49.2 Å². The van der Waals surface area contributed by atoms with E-state index in [1.165, 1.54) is 4.31 Å². The molecule has 1 amide bonds. The van der Waals surface area contributed by atoms with Gasteiger partial charge in [-0.1, -0.05) is 23.7 Å². The van der Waals surface area contributed by atoms with E-state index in [2.05, 4.69) is 27.0 Å². The molecule has 10 nitrogen and oxygen atoms in total. The van der Waals surface area contributed by atoms with E-state index in [1.807, 2.05) is 12.1 Å². The van der Waals surface area contributed by atoms with Gasteiger partial charge in [0.05, 0.1) is 4.90 Å². The van der Waals surface area contributed by atoms with Crippen molar-refractivity contribution in [3.63, 3.8) is 0 Å². The molecule has 5 rings (SSSR count). The molecule has 2 N–H and O–H groups in total. The predicted molar refractivity (Wildman–Crippen MR) is 144 cm³/mol. The molecule has 37 heavy (non-hydrogen) atoms. The summed E-state index contributed by atoms with van der Waals surface area (Å²) in [5, 5.41) is 10.8. The van der Waals surface area contributed by atoms with Gasteiger partial charge in [-0.2, -0.15) is 4.31 Å². The van der Waals surface area contributed by atoms with Crippen LogP contribution in [0.4, 0.5) is 5.82 Å². The fourth-order valence-corrected chi connectivity index (χ4v) is 6.32. The smallest absolute Gasteiger partial charge is 0.274 e. The first-order valence-corrected chi connectivity index (χ1v) is 13.9. The summed E-state index contributed by atoms with van der Waals surface area (Å²) in [6.07, 6.45) is 1.06. The van der Waals surface area contributed by atoms with Crippen molar-refractivity contribution in [1.29, 1.82) is 0 Å². The topological polar surface area (TPSA) is 121 Å². The summed E-state index contributed by atoms with van der Waals surface area (Å²) in [6, 6.07) is 13.9. The van der Waals surface area contributed by atoms with Crippen molar-refractivity contribution in [2.75, 3.05) is 64.3 Å². The van der Waals surface area contributed by atoms with Crippen molar-refractivity contribution in [3.8, 4) is 0 Å². The van der Waals surface area contributed by atoms with Gasteiger partial charge < -0.3 is 20.2 Å². The van der Waals surface area contributed by atoms with Crippen molar-refractivity contribution >= 4 is 44.1 Å². The van der Waals surface area contributed by atoms with E-state index in [4.69, 9.17) is 11.6 Å². The molecule has 2 aliphatic heterocycles. The molecule has 12 heteroatoms. The lowest BCUT2D eigenvalue weighted by atomic mass is 10.1. The fourth-order valence-electron chi connectivity index (χ4n) is 4.68. The maximum atomic E-state index is 13.2. The van der Waals surface area contributed by atoms with Gasteiger partial charge in [-0.3, -0.25) is 4.79 Å². The zero-order valence-corrected chi connectivity index (χ0v) is 22.2. The predicted octanol–water partition coefficient (Wildman–Crippen LogP) is 1.75. The third-order valence-corrected chi connectivity index (χ3v) is 8.98. The van der Waals surface area contributed by atoms with E-state index < -0.39 is 10.0 Å². The number of benzene rings is 2. The van der Waals surface area contributed by atoms with Crippen LogP contribution in [0.2, 0.25) is 5.02 Å². The van der Waals surface area contributed by atoms with Gasteiger partial charge in [0.25, 0.3) is 5.91 Å². The van der Waals surface area contributed by atoms with Crippen LogP contribution in [-0.2, 0) is 10.0 Å². The lowest BCUT2D eigenvalue weighted by Crippen LogP contribution is -2.50. The van der Waals surface area contributed by atoms with Gasteiger partial charge in [-0.15, -0.1) is 10.2 Å². The quantitative estimate of drug-likeness (QED) is 0.488. The van der Waals surface area contributed by atoms with Crippen molar-refractivity contribution < 1.29 is 18.7 Å². The van der Waals surface area contributed by atoms with Crippen LogP contribution in [0.5, 0.6) is 0 Å². The van der Waals surface area contributed by atoms with Crippen LogP contribution in [0.1, 0.15) is 16.9 Å². The number of likely N-dealkylation sites (N-methyl/N-ethyl adjacent to an activating group) is 1. The minimum absolute atomic E-state index is 0. The van der Waals surface area contributed by atoms with E-state index in [9.17, 15) is 13.2 Å². The van der Waals surface area contributed by atoms with Crippen molar-refractivity contribution in [1.82, 2.24) is 24.3 Å². The van der Waals surface area contributed by atoms with Gasteiger partial charge in [-0.25, -0.2) is 8.42 Å². The molecule has 3 aromatic rings. The molecule has 0 atom stereocenters. The molecule has 2 aliphatic rings.